The summed E-state index contributed by atoms with van der Waals surface area (Å²) in [6.07, 6.45) is 3.46. The summed E-state index contributed by atoms with van der Waals surface area (Å²) in [5, 5.41) is 16.1. The number of hydrogen-bond donors (Lipinski definition) is 3. The van der Waals surface area contributed by atoms with E-state index >= 15 is 0 Å². The molecule has 0 spiro atoms. The number of ether oxygens (including phenoxy) is 1. The molecule has 1 saturated heterocycles. The van der Waals surface area contributed by atoms with Crippen LogP contribution in [0.15, 0.2) is 18.2 Å². The maximum Gasteiger partial charge on any atom is 0.255 e. The van der Waals surface area contributed by atoms with Crippen LogP contribution in [0.2, 0.25) is 0 Å². The first kappa shape index (κ1) is 13.7. The van der Waals surface area contributed by atoms with Crippen molar-refractivity contribution in [2.24, 2.45) is 0 Å². The highest BCUT2D eigenvalue weighted by Crippen LogP contribution is 2.29. The molecule has 0 bridgehead atoms. The second-order valence-electron chi connectivity index (χ2n) is 4.71. The van der Waals surface area contributed by atoms with Gasteiger partial charge in [-0.1, -0.05) is 12.5 Å². The normalized spacial score (nSPS) is 18.9. The largest absolute Gasteiger partial charge is 0.504 e. The number of nitrogens with one attached hydrogen (secondary N) is 2. The fourth-order valence-corrected chi connectivity index (χ4v) is 2.28. The first-order chi connectivity index (χ1) is 9.22. The van der Waals surface area contributed by atoms with Crippen LogP contribution in [0.1, 0.15) is 29.6 Å². The number of phenols is 1. The zero-order valence-corrected chi connectivity index (χ0v) is 11.1. The van der Waals surface area contributed by atoms with Crippen LogP contribution in [0.25, 0.3) is 0 Å². The van der Waals surface area contributed by atoms with Crippen molar-refractivity contribution in [3.63, 3.8) is 0 Å². The number of carbonyl (C=O) groups excluding carboxylic acids is 1. The number of para-hydroxylation sites is 1. The third-order valence-corrected chi connectivity index (χ3v) is 3.38. The van der Waals surface area contributed by atoms with Gasteiger partial charge in [-0.05, 0) is 31.5 Å². The van der Waals surface area contributed by atoms with E-state index in [0.717, 1.165) is 13.0 Å². The van der Waals surface area contributed by atoms with E-state index in [1.54, 1.807) is 18.2 Å². The summed E-state index contributed by atoms with van der Waals surface area (Å²) in [5.74, 6) is -0.0775. The number of benzene rings is 1. The highest BCUT2D eigenvalue weighted by atomic mass is 16.5. The zero-order chi connectivity index (χ0) is 13.7. The summed E-state index contributed by atoms with van der Waals surface area (Å²) >= 11 is 0. The van der Waals surface area contributed by atoms with Gasteiger partial charge < -0.3 is 20.5 Å². The topological polar surface area (TPSA) is 70.6 Å². The molecule has 2 rings (SSSR count). The Morgan fingerprint density at radius 3 is 3.05 bits per heavy atom. The van der Waals surface area contributed by atoms with Crippen LogP contribution in [0.4, 0.5) is 0 Å². The SMILES string of the molecule is COc1cccc(C(=O)NCC2CCCCN2)c1O. The van der Waals surface area contributed by atoms with Crippen molar-refractivity contribution >= 4 is 5.91 Å². The van der Waals surface area contributed by atoms with Crippen LogP contribution in [-0.4, -0.2) is 37.3 Å². The number of hydrogen-bond acceptors (Lipinski definition) is 4. The van der Waals surface area contributed by atoms with Gasteiger partial charge in [0, 0.05) is 12.6 Å². The molecule has 19 heavy (non-hydrogen) atoms. The van der Waals surface area contributed by atoms with Crippen LogP contribution in [0, 0.1) is 0 Å². The van der Waals surface area contributed by atoms with Crippen LogP contribution >= 0.6 is 0 Å². The predicted octanol–water partition coefficient (Wildman–Crippen LogP) is 1.27. The van der Waals surface area contributed by atoms with Crippen LogP contribution < -0.4 is 15.4 Å². The van der Waals surface area contributed by atoms with E-state index < -0.39 is 0 Å². The maximum absolute atomic E-state index is 12.0. The van der Waals surface area contributed by atoms with Gasteiger partial charge in [0.25, 0.3) is 5.91 Å². The second kappa shape index (κ2) is 6.43. The lowest BCUT2D eigenvalue weighted by Gasteiger charge is -2.23. The fourth-order valence-electron chi connectivity index (χ4n) is 2.28. The van der Waals surface area contributed by atoms with Crippen molar-refractivity contribution in [3.05, 3.63) is 23.8 Å². The summed E-state index contributed by atoms with van der Waals surface area (Å²) < 4.78 is 4.99. The Hall–Kier alpha value is -1.75. The average molecular weight is 264 g/mol. The Kier molecular flexibility index (Phi) is 4.63. The van der Waals surface area contributed by atoms with Gasteiger partial charge in [0.15, 0.2) is 11.5 Å². The second-order valence-corrected chi connectivity index (χ2v) is 4.71. The molecule has 3 N–H and O–H groups in total. The molecule has 1 heterocycles. The van der Waals surface area contributed by atoms with Crippen molar-refractivity contribution in [3.8, 4) is 11.5 Å². The third kappa shape index (κ3) is 3.38. The number of aromatic hydroxyl groups is 1. The minimum Gasteiger partial charge on any atom is -0.504 e. The smallest absolute Gasteiger partial charge is 0.255 e. The Labute approximate surface area is 113 Å². The molecule has 1 aliphatic heterocycles. The molecule has 1 aliphatic rings. The van der Waals surface area contributed by atoms with Gasteiger partial charge in [-0.2, -0.15) is 0 Å². The third-order valence-electron chi connectivity index (χ3n) is 3.38. The lowest BCUT2D eigenvalue weighted by Crippen LogP contribution is -2.43. The minimum atomic E-state index is -0.274. The highest BCUT2D eigenvalue weighted by molar-refractivity contribution is 5.97. The molecule has 0 radical (unpaired) electrons. The molecule has 1 aromatic carbocycles. The lowest BCUT2D eigenvalue weighted by atomic mass is 10.0. The molecule has 0 aromatic heterocycles. The number of rotatable bonds is 4. The molecule has 1 atom stereocenters. The van der Waals surface area contributed by atoms with E-state index in [-0.39, 0.29) is 17.2 Å². The van der Waals surface area contributed by atoms with E-state index in [1.165, 1.54) is 20.0 Å². The molecular weight excluding hydrogens is 244 g/mol. The van der Waals surface area contributed by atoms with Gasteiger partial charge in [0.05, 0.1) is 12.7 Å². The van der Waals surface area contributed by atoms with Crippen molar-refractivity contribution in [2.75, 3.05) is 20.2 Å². The van der Waals surface area contributed by atoms with Gasteiger partial charge >= 0.3 is 0 Å². The fraction of sp³-hybridized carbons (Fsp3) is 0.500. The van der Waals surface area contributed by atoms with E-state index in [9.17, 15) is 9.90 Å². The number of carbonyl (C=O) groups is 1. The highest BCUT2D eigenvalue weighted by Gasteiger charge is 2.17. The van der Waals surface area contributed by atoms with Crippen LogP contribution in [-0.2, 0) is 0 Å². The van der Waals surface area contributed by atoms with Crippen molar-refractivity contribution < 1.29 is 14.6 Å². The molecule has 5 heteroatoms. The van der Waals surface area contributed by atoms with Crippen molar-refractivity contribution in [1.29, 1.82) is 0 Å². The van der Waals surface area contributed by atoms with Gasteiger partial charge in [-0.15, -0.1) is 0 Å². The molecule has 5 nitrogen and oxygen atoms in total. The van der Waals surface area contributed by atoms with E-state index in [4.69, 9.17) is 4.74 Å². The van der Waals surface area contributed by atoms with Gasteiger partial charge in [0.1, 0.15) is 0 Å². The zero-order valence-electron chi connectivity index (χ0n) is 11.1. The molecule has 1 unspecified atom stereocenters. The first-order valence-electron chi connectivity index (χ1n) is 6.60. The molecule has 1 amide bonds. The molecule has 0 aliphatic carbocycles. The number of methoxy groups -OCH3 is 1. The summed E-state index contributed by atoms with van der Waals surface area (Å²) in [5.41, 5.74) is 0.246. The Balaban J connectivity index is 1.95. The molecule has 1 fully saturated rings. The van der Waals surface area contributed by atoms with Crippen molar-refractivity contribution in [1.82, 2.24) is 10.6 Å². The molecular formula is C14H20N2O3. The Morgan fingerprint density at radius 2 is 2.37 bits per heavy atom. The maximum atomic E-state index is 12.0. The number of piperidine rings is 1. The predicted molar refractivity (Wildman–Crippen MR) is 72.6 cm³/mol. The lowest BCUT2D eigenvalue weighted by molar-refractivity contribution is 0.0944. The first-order valence-corrected chi connectivity index (χ1v) is 6.60. The molecule has 0 saturated carbocycles. The number of phenolic OH excluding ortho intramolecular Hbond substituents is 1. The van der Waals surface area contributed by atoms with Crippen LogP contribution in [0.3, 0.4) is 0 Å². The van der Waals surface area contributed by atoms with E-state index in [2.05, 4.69) is 10.6 Å². The van der Waals surface area contributed by atoms with Crippen molar-refractivity contribution in [2.45, 2.75) is 25.3 Å². The van der Waals surface area contributed by atoms with Gasteiger partial charge in [-0.25, -0.2) is 0 Å². The Bertz CT molecular complexity index is 442. The minimum absolute atomic E-state index is 0.112. The standard InChI is InChI=1S/C14H20N2O3/c1-19-12-7-4-6-11(13(12)17)14(18)16-9-10-5-2-3-8-15-10/h4,6-7,10,15,17H,2-3,5,8-9H2,1H3,(H,16,18). The average Bonchev–Trinajstić information content (AvgIpc) is 2.46. The van der Waals surface area contributed by atoms with E-state index in [1.807, 2.05) is 0 Å². The summed E-state index contributed by atoms with van der Waals surface area (Å²) in [7, 11) is 1.46. The van der Waals surface area contributed by atoms with Gasteiger partial charge in [-0.3, -0.25) is 4.79 Å². The summed E-state index contributed by atoms with van der Waals surface area (Å²) in [6, 6.07) is 5.22. The monoisotopic (exact) mass is 264 g/mol. The van der Waals surface area contributed by atoms with Crippen LogP contribution in [0.5, 0.6) is 11.5 Å². The van der Waals surface area contributed by atoms with E-state index in [0.29, 0.717) is 18.3 Å². The molecule has 104 valence electrons. The number of amides is 1. The molecule has 1 aromatic rings. The van der Waals surface area contributed by atoms with Gasteiger partial charge in [0.2, 0.25) is 0 Å². The summed E-state index contributed by atoms with van der Waals surface area (Å²) in [4.78, 5) is 12.0. The Morgan fingerprint density at radius 1 is 1.53 bits per heavy atom. The summed E-state index contributed by atoms with van der Waals surface area (Å²) in [6.45, 7) is 1.58. The quantitative estimate of drug-likeness (QED) is 0.766.